The highest BCUT2D eigenvalue weighted by Crippen LogP contribution is 2.42. The van der Waals surface area contributed by atoms with Gasteiger partial charge in [0, 0.05) is 27.8 Å². The molecular formula is C48H31NO. The lowest BCUT2D eigenvalue weighted by Crippen LogP contribution is -2.10. The summed E-state index contributed by atoms with van der Waals surface area (Å²) in [6, 6.07) is 67.6. The fourth-order valence-electron chi connectivity index (χ4n) is 7.65. The van der Waals surface area contributed by atoms with Crippen molar-refractivity contribution in [2.75, 3.05) is 4.90 Å². The van der Waals surface area contributed by atoms with Crippen molar-refractivity contribution >= 4 is 71.3 Å². The predicted octanol–water partition coefficient (Wildman–Crippen LogP) is 13.8. The van der Waals surface area contributed by atoms with E-state index >= 15 is 0 Å². The normalized spacial score (nSPS) is 11.6. The minimum atomic E-state index is 0.905. The van der Waals surface area contributed by atoms with Gasteiger partial charge in [-0.1, -0.05) is 133 Å². The van der Waals surface area contributed by atoms with E-state index in [4.69, 9.17) is 4.42 Å². The van der Waals surface area contributed by atoms with Crippen LogP contribution in [0.3, 0.4) is 0 Å². The zero-order valence-electron chi connectivity index (χ0n) is 27.3. The summed E-state index contributed by atoms with van der Waals surface area (Å²) in [7, 11) is 0. The second-order valence-corrected chi connectivity index (χ2v) is 12.9. The molecule has 234 valence electrons. The molecule has 0 amide bonds. The topological polar surface area (TPSA) is 16.4 Å². The number of hydrogen-bond acceptors (Lipinski definition) is 2. The van der Waals surface area contributed by atoms with Crippen LogP contribution in [0.4, 0.5) is 17.1 Å². The molecular weight excluding hydrogens is 607 g/mol. The lowest BCUT2D eigenvalue weighted by Gasteiger charge is -2.27. The molecule has 0 unspecified atom stereocenters. The molecule has 1 aromatic heterocycles. The first-order chi connectivity index (χ1) is 24.8. The highest BCUT2D eigenvalue weighted by Gasteiger charge is 2.17. The van der Waals surface area contributed by atoms with Gasteiger partial charge < -0.3 is 9.32 Å². The van der Waals surface area contributed by atoms with Gasteiger partial charge in [0.2, 0.25) is 0 Å². The monoisotopic (exact) mass is 637 g/mol. The fourth-order valence-corrected chi connectivity index (χ4v) is 7.65. The van der Waals surface area contributed by atoms with Crippen molar-refractivity contribution in [3.05, 3.63) is 188 Å². The van der Waals surface area contributed by atoms with Crippen LogP contribution in [0.15, 0.2) is 192 Å². The minimum Gasteiger partial charge on any atom is -0.456 e. The smallest absolute Gasteiger partial charge is 0.135 e. The molecule has 0 atom stereocenters. The summed E-state index contributed by atoms with van der Waals surface area (Å²) in [5.74, 6) is 0. The zero-order chi connectivity index (χ0) is 33.0. The maximum Gasteiger partial charge on any atom is 0.135 e. The molecule has 0 spiro atoms. The van der Waals surface area contributed by atoms with Gasteiger partial charge in [-0.15, -0.1) is 0 Å². The Morgan fingerprint density at radius 2 is 0.760 bits per heavy atom. The summed E-state index contributed by atoms with van der Waals surface area (Å²) in [5.41, 5.74) is 9.83. The van der Waals surface area contributed by atoms with Gasteiger partial charge in [0.05, 0.1) is 0 Å². The minimum absolute atomic E-state index is 0.905. The molecule has 9 aromatic carbocycles. The van der Waals surface area contributed by atoms with E-state index in [0.717, 1.165) is 50.1 Å². The van der Waals surface area contributed by atoms with Crippen molar-refractivity contribution in [3.8, 4) is 22.3 Å². The highest BCUT2D eigenvalue weighted by molar-refractivity contribution is 6.25. The van der Waals surface area contributed by atoms with Crippen molar-refractivity contribution in [3.63, 3.8) is 0 Å². The van der Waals surface area contributed by atoms with Crippen LogP contribution in [0.5, 0.6) is 0 Å². The number of nitrogens with zero attached hydrogens (tertiary/aromatic N) is 1. The second-order valence-electron chi connectivity index (χ2n) is 12.9. The quantitative estimate of drug-likeness (QED) is 0.175. The van der Waals surface area contributed by atoms with E-state index in [1.165, 1.54) is 43.4 Å². The fraction of sp³-hybridized carbons (Fsp3) is 0. The Bertz CT molecular complexity index is 2830. The van der Waals surface area contributed by atoms with Crippen LogP contribution < -0.4 is 4.90 Å². The van der Waals surface area contributed by atoms with Gasteiger partial charge in [-0.25, -0.2) is 0 Å². The summed E-state index contributed by atoms with van der Waals surface area (Å²) < 4.78 is 6.15. The van der Waals surface area contributed by atoms with Crippen molar-refractivity contribution in [2.45, 2.75) is 0 Å². The lowest BCUT2D eigenvalue weighted by atomic mass is 9.94. The molecule has 1 heterocycles. The molecule has 0 aliphatic rings. The maximum absolute atomic E-state index is 6.15. The van der Waals surface area contributed by atoms with Crippen molar-refractivity contribution in [1.82, 2.24) is 0 Å². The van der Waals surface area contributed by atoms with Gasteiger partial charge in [-0.2, -0.15) is 0 Å². The van der Waals surface area contributed by atoms with Crippen molar-refractivity contribution in [1.29, 1.82) is 0 Å². The molecule has 0 N–H and O–H groups in total. The van der Waals surface area contributed by atoms with Gasteiger partial charge in [-0.3, -0.25) is 0 Å². The SMILES string of the molecule is c1ccc(-c2ccc(N(c3cccc(-c4ccc5oc6ccccc6c5c4)c3)c3ccc4c5ccccc5c5ccccc5c4c3)cc2)cc1. The molecule has 10 rings (SSSR count). The molecule has 10 aromatic rings. The Hall–Kier alpha value is -6.64. The average molecular weight is 638 g/mol. The van der Waals surface area contributed by atoms with Gasteiger partial charge in [0.15, 0.2) is 0 Å². The molecule has 0 radical (unpaired) electrons. The standard InChI is InChI=1S/C48H31NO/c1-2-11-32(12-3-1)33-21-24-36(25-22-33)49(38-26-27-43-41-17-5-4-15-39(41)40-16-6-7-18-42(40)45(43)31-38)37-14-10-13-34(29-37)35-23-28-48-46(30-35)44-19-8-9-20-47(44)50-48/h1-31H. The van der Waals surface area contributed by atoms with E-state index in [1.54, 1.807) is 0 Å². The second kappa shape index (κ2) is 11.5. The molecule has 2 nitrogen and oxygen atoms in total. The maximum atomic E-state index is 6.15. The van der Waals surface area contributed by atoms with Crippen LogP contribution in [0.25, 0.3) is 76.5 Å². The first-order valence-corrected chi connectivity index (χ1v) is 17.1. The third kappa shape index (κ3) is 4.65. The largest absolute Gasteiger partial charge is 0.456 e. The van der Waals surface area contributed by atoms with E-state index in [9.17, 15) is 0 Å². The van der Waals surface area contributed by atoms with Gasteiger partial charge in [0.1, 0.15) is 11.2 Å². The summed E-state index contributed by atoms with van der Waals surface area (Å²) in [6.07, 6.45) is 0. The van der Waals surface area contributed by atoms with E-state index in [2.05, 4.69) is 181 Å². The molecule has 0 saturated carbocycles. The van der Waals surface area contributed by atoms with Crippen molar-refractivity contribution < 1.29 is 4.42 Å². The molecule has 0 aliphatic heterocycles. The number of benzene rings is 9. The molecule has 0 fully saturated rings. The third-order valence-corrected chi connectivity index (χ3v) is 10.0. The molecule has 50 heavy (non-hydrogen) atoms. The van der Waals surface area contributed by atoms with Crippen LogP contribution in [-0.4, -0.2) is 0 Å². The number of para-hydroxylation sites is 1. The zero-order valence-corrected chi connectivity index (χ0v) is 27.3. The third-order valence-electron chi connectivity index (χ3n) is 10.0. The van der Waals surface area contributed by atoms with E-state index in [0.29, 0.717) is 0 Å². The number of anilines is 3. The number of rotatable bonds is 5. The average Bonchev–Trinajstić information content (AvgIpc) is 3.57. The molecule has 0 saturated heterocycles. The van der Waals surface area contributed by atoms with Crippen LogP contribution in [0.1, 0.15) is 0 Å². The molecule has 0 aliphatic carbocycles. The summed E-state index contributed by atoms with van der Waals surface area (Å²) >= 11 is 0. The number of hydrogen-bond donors (Lipinski definition) is 0. The number of fused-ring (bicyclic) bond motifs is 9. The Labute approximate surface area is 290 Å². The number of furan rings is 1. The van der Waals surface area contributed by atoms with Crippen LogP contribution in [-0.2, 0) is 0 Å². The summed E-state index contributed by atoms with van der Waals surface area (Å²) in [6.45, 7) is 0. The van der Waals surface area contributed by atoms with Crippen LogP contribution in [0, 0.1) is 0 Å². The van der Waals surface area contributed by atoms with Crippen molar-refractivity contribution in [2.24, 2.45) is 0 Å². The van der Waals surface area contributed by atoms with Gasteiger partial charge in [-0.05, 0) is 109 Å². The van der Waals surface area contributed by atoms with E-state index < -0.39 is 0 Å². The first-order valence-electron chi connectivity index (χ1n) is 17.1. The Balaban J connectivity index is 1.16. The molecule has 2 heteroatoms. The van der Waals surface area contributed by atoms with Gasteiger partial charge in [0.25, 0.3) is 0 Å². The van der Waals surface area contributed by atoms with Gasteiger partial charge >= 0.3 is 0 Å². The lowest BCUT2D eigenvalue weighted by molar-refractivity contribution is 0.669. The summed E-state index contributed by atoms with van der Waals surface area (Å²) in [4.78, 5) is 2.38. The Morgan fingerprint density at radius 1 is 0.260 bits per heavy atom. The Kier molecular flexibility index (Phi) is 6.53. The first kappa shape index (κ1) is 28.4. The predicted molar refractivity (Wildman–Crippen MR) is 212 cm³/mol. The van der Waals surface area contributed by atoms with E-state index in [-0.39, 0.29) is 0 Å². The summed E-state index contributed by atoms with van der Waals surface area (Å²) in [5, 5.41) is 9.87. The molecule has 0 bridgehead atoms. The van der Waals surface area contributed by atoms with Crippen LogP contribution in [0.2, 0.25) is 0 Å². The highest BCUT2D eigenvalue weighted by atomic mass is 16.3. The Morgan fingerprint density at radius 3 is 1.50 bits per heavy atom. The van der Waals surface area contributed by atoms with E-state index in [1.807, 2.05) is 12.1 Å². The van der Waals surface area contributed by atoms with Crippen LogP contribution >= 0.6 is 0 Å².